The van der Waals surface area contributed by atoms with Crippen LogP contribution in [0.25, 0.3) is 0 Å². The van der Waals surface area contributed by atoms with E-state index in [-0.39, 0.29) is 11.9 Å². The van der Waals surface area contributed by atoms with Crippen LogP contribution in [0.15, 0.2) is 28.7 Å². The zero-order chi connectivity index (χ0) is 11.4. The summed E-state index contributed by atoms with van der Waals surface area (Å²) in [7, 11) is 0. The maximum Gasteiger partial charge on any atom is 0.166 e. The number of thioether (sulfide) groups is 1. The molecule has 1 aromatic rings. The second-order valence-electron chi connectivity index (χ2n) is 3.67. The van der Waals surface area contributed by atoms with E-state index in [2.05, 4.69) is 15.9 Å². The van der Waals surface area contributed by atoms with Gasteiger partial charge in [0.2, 0.25) is 0 Å². The van der Waals surface area contributed by atoms with Gasteiger partial charge in [0.15, 0.2) is 5.78 Å². The van der Waals surface area contributed by atoms with Crippen LogP contribution in [0.2, 0.25) is 0 Å². The van der Waals surface area contributed by atoms with E-state index < -0.39 is 0 Å². The average molecular weight is 301 g/mol. The summed E-state index contributed by atoms with van der Waals surface area (Å²) in [6.07, 6.45) is 0.234. The summed E-state index contributed by atoms with van der Waals surface area (Å²) in [5.74, 6) is 1.97. The molecule has 16 heavy (non-hydrogen) atoms. The first kappa shape index (κ1) is 12.1. The second kappa shape index (κ2) is 5.84. The summed E-state index contributed by atoms with van der Waals surface area (Å²) in [5.41, 5.74) is 1.03. The van der Waals surface area contributed by atoms with Gasteiger partial charge in [-0.15, -0.1) is 0 Å². The molecule has 1 fully saturated rings. The van der Waals surface area contributed by atoms with Crippen LogP contribution in [-0.2, 0) is 16.0 Å². The average Bonchev–Trinajstić information content (AvgIpc) is 2.33. The Morgan fingerprint density at radius 2 is 2.31 bits per heavy atom. The van der Waals surface area contributed by atoms with Crippen molar-refractivity contribution >= 4 is 33.5 Å². The second-order valence-corrected chi connectivity index (χ2v) is 5.67. The van der Waals surface area contributed by atoms with Crippen molar-refractivity contribution in [3.63, 3.8) is 0 Å². The summed E-state index contributed by atoms with van der Waals surface area (Å²) < 4.78 is 6.46. The Morgan fingerprint density at radius 1 is 1.50 bits per heavy atom. The van der Waals surface area contributed by atoms with Crippen molar-refractivity contribution < 1.29 is 9.53 Å². The van der Waals surface area contributed by atoms with Crippen LogP contribution in [0, 0.1) is 0 Å². The minimum atomic E-state index is -0.217. The molecule has 0 radical (unpaired) electrons. The highest BCUT2D eigenvalue weighted by atomic mass is 79.9. The minimum Gasteiger partial charge on any atom is -0.369 e. The van der Waals surface area contributed by atoms with Gasteiger partial charge in [-0.05, 0) is 11.6 Å². The highest BCUT2D eigenvalue weighted by molar-refractivity contribution is 9.10. The lowest BCUT2D eigenvalue weighted by molar-refractivity contribution is -0.128. The number of hydrogen-bond acceptors (Lipinski definition) is 3. The molecule has 0 N–H and O–H groups in total. The SMILES string of the molecule is O=C(Cc1ccccc1Br)C1CSCCO1. The van der Waals surface area contributed by atoms with Crippen molar-refractivity contribution in [2.24, 2.45) is 0 Å². The van der Waals surface area contributed by atoms with Gasteiger partial charge in [-0.1, -0.05) is 34.1 Å². The van der Waals surface area contributed by atoms with Gasteiger partial charge in [-0.3, -0.25) is 4.79 Å². The number of carbonyl (C=O) groups excluding carboxylic acids is 1. The van der Waals surface area contributed by atoms with Crippen LogP contribution in [0.3, 0.4) is 0 Å². The zero-order valence-corrected chi connectivity index (χ0v) is 11.2. The Hall–Kier alpha value is -0.320. The highest BCUT2D eigenvalue weighted by Crippen LogP contribution is 2.19. The van der Waals surface area contributed by atoms with Crippen molar-refractivity contribution in [3.05, 3.63) is 34.3 Å². The topological polar surface area (TPSA) is 26.3 Å². The fourth-order valence-corrected chi connectivity index (χ4v) is 2.92. The molecule has 2 nitrogen and oxygen atoms in total. The molecule has 1 aliphatic heterocycles. The standard InChI is InChI=1S/C12H13BrO2S/c13-10-4-2-1-3-9(10)7-11(14)12-8-16-6-5-15-12/h1-4,12H,5-8H2. The molecular formula is C12H13BrO2S. The van der Waals surface area contributed by atoms with Gasteiger partial charge in [0.25, 0.3) is 0 Å². The third kappa shape index (κ3) is 3.09. The van der Waals surface area contributed by atoms with Crippen molar-refractivity contribution in [3.8, 4) is 0 Å². The number of rotatable bonds is 3. The van der Waals surface area contributed by atoms with Gasteiger partial charge in [0, 0.05) is 22.4 Å². The van der Waals surface area contributed by atoms with Crippen LogP contribution in [0.1, 0.15) is 5.56 Å². The molecule has 2 rings (SSSR count). The largest absolute Gasteiger partial charge is 0.369 e. The Balaban J connectivity index is 1.99. The molecule has 0 amide bonds. The number of carbonyl (C=O) groups is 1. The molecular weight excluding hydrogens is 288 g/mol. The van der Waals surface area contributed by atoms with Crippen LogP contribution >= 0.6 is 27.7 Å². The zero-order valence-electron chi connectivity index (χ0n) is 8.82. The predicted molar refractivity (Wildman–Crippen MR) is 69.9 cm³/mol. The van der Waals surface area contributed by atoms with E-state index in [0.29, 0.717) is 13.0 Å². The van der Waals surface area contributed by atoms with Gasteiger partial charge < -0.3 is 4.74 Å². The van der Waals surface area contributed by atoms with Gasteiger partial charge in [-0.2, -0.15) is 11.8 Å². The Labute approximate surface area is 108 Å². The summed E-state index contributed by atoms with van der Waals surface area (Å²) in [6.45, 7) is 0.692. The molecule has 0 saturated carbocycles. The number of ketones is 1. The molecule has 0 bridgehead atoms. The van der Waals surface area contributed by atoms with E-state index in [1.807, 2.05) is 24.3 Å². The monoisotopic (exact) mass is 300 g/mol. The van der Waals surface area contributed by atoms with Crippen molar-refractivity contribution in [2.75, 3.05) is 18.1 Å². The molecule has 0 spiro atoms. The lowest BCUT2D eigenvalue weighted by Gasteiger charge is -2.21. The summed E-state index contributed by atoms with van der Waals surface area (Å²) in [6, 6.07) is 7.83. The molecule has 1 unspecified atom stereocenters. The first-order chi connectivity index (χ1) is 7.77. The lowest BCUT2D eigenvalue weighted by Crippen LogP contribution is -2.32. The van der Waals surface area contributed by atoms with Gasteiger partial charge in [0.05, 0.1) is 6.61 Å². The smallest absolute Gasteiger partial charge is 0.166 e. The van der Waals surface area contributed by atoms with Crippen LogP contribution < -0.4 is 0 Å². The normalized spacial score (nSPS) is 20.7. The molecule has 4 heteroatoms. The van der Waals surface area contributed by atoms with Crippen molar-refractivity contribution in [1.82, 2.24) is 0 Å². The maximum atomic E-state index is 12.0. The fourth-order valence-electron chi connectivity index (χ4n) is 1.62. The Bertz CT molecular complexity index is 375. The quantitative estimate of drug-likeness (QED) is 0.858. The number of ether oxygens (including phenoxy) is 1. The minimum absolute atomic E-state index is 0.180. The molecule has 1 aliphatic rings. The molecule has 1 heterocycles. The van der Waals surface area contributed by atoms with Gasteiger partial charge in [0.1, 0.15) is 6.10 Å². The first-order valence-electron chi connectivity index (χ1n) is 5.23. The molecule has 0 aromatic heterocycles. The molecule has 1 aromatic carbocycles. The van der Waals surface area contributed by atoms with E-state index in [1.165, 1.54) is 0 Å². The molecule has 86 valence electrons. The van der Waals surface area contributed by atoms with Crippen LogP contribution in [0.4, 0.5) is 0 Å². The molecule has 1 saturated heterocycles. The van der Waals surface area contributed by atoms with Crippen molar-refractivity contribution in [2.45, 2.75) is 12.5 Å². The van der Waals surface area contributed by atoms with E-state index in [9.17, 15) is 4.79 Å². The molecule has 1 atom stereocenters. The number of halogens is 1. The van der Waals surface area contributed by atoms with E-state index in [4.69, 9.17) is 4.74 Å². The van der Waals surface area contributed by atoms with Crippen molar-refractivity contribution in [1.29, 1.82) is 0 Å². The first-order valence-corrected chi connectivity index (χ1v) is 7.17. The summed E-state index contributed by atoms with van der Waals surface area (Å²) in [5, 5.41) is 0. The van der Waals surface area contributed by atoms with Gasteiger partial charge in [-0.25, -0.2) is 0 Å². The number of hydrogen-bond donors (Lipinski definition) is 0. The number of Topliss-reactive ketones (excluding diaryl/α,β-unsaturated/α-hetero) is 1. The van der Waals surface area contributed by atoms with Gasteiger partial charge >= 0.3 is 0 Å². The van der Waals surface area contributed by atoms with Crippen LogP contribution in [0.5, 0.6) is 0 Å². The summed E-state index contributed by atoms with van der Waals surface area (Å²) in [4.78, 5) is 12.0. The van der Waals surface area contributed by atoms with Crippen LogP contribution in [-0.4, -0.2) is 30.0 Å². The molecule has 0 aliphatic carbocycles. The number of benzene rings is 1. The van der Waals surface area contributed by atoms with E-state index in [1.54, 1.807) is 11.8 Å². The Kier molecular flexibility index (Phi) is 4.44. The fraction of sp³-hybridized carbons (Fsp3) is 0.417. The highest BCUT2D eigenvalue weighted by Gasteiger charge is 2.22. The third-order valence-electron chi connectivity index (χ3n) is 2.50. The predicted octanol–water partition coefficient (Wildman–Crippen LogP) is 2.69. The van der Waals surface area contributed by atoms with E-state index >= 15 is 0 Å². The Morgan fingerprint density at radius 3 is 3.00 bits per heavy atom. The summed E-state index contributed by atoms with van der Waals surface area (Å²) >= 11 is 5.24. The maximum absolute atomic E-state index is 12.0. The van der Waals surface area contributed by atoms with E-state index in [0.717, 1.165) is 21.5 Å². The lowest BCUT2D eigenvalue weighted by atomic mass is 10.1. The third-order valence-corrected chi connectivity index (χ3v) is 4.26.